The summed E-state index contributed by atoms with van der Waals surface area (Å²) in [5, 5.41) is 10.7. The van der Waals surface area contributed by atoms with Gasteiger partial charge in [-0.05, 0) is 47.0 Å². The lowest BCUT2D eigenvalue weighted by Crippen LogP contribution is -2.52. The number of rotatable bonds is 11. The van der Waals surface area contributed by atoms with Crippen molar-refractivity contribution in [3.63, 3.8) is 0 Å². The third-order valence-corrected chi connectivity index (χ3v) is 11.9. The summed E-state index contributed by atoms with van der Waals surface area (Å²) in [4.78, 5) is 27.7. The van der Waals surface area contributed by atoms with Crippen molar-refractivity contribution in [2.24, 2.45) is 0 Å². The van der Waals surface area contributed by atoms with Crippen LogP contribution in [-0.4, -0.2) is 50.6 Å². The first-order valence-electron chi connectivity index (χ1n) is 13.5. The zero-order chi connectivity index (χ0) is 30.2. The number of amides is 1. The maximum Gasteiger partial charge on any atom is 0.410 e. The summed E-state index contributed by atoms with van der Waals surface area (Å²) >= 11 is 0. The van der Waals surface area contributed by atoms with Gasteiger partial charge < -0.3 is 23.7 Å². The highest BCUT2D eigenvalue weighted by Gasteiger charge is 2.45. The quantitative estimate of drug-likeness (QED) is 0.196. The Kier molecular flexibility index (Phi) is 10.6. The number of carbonyl (C=O) groups is 2. The number of aromatic hydroxyl groups is 1. The van der Waals surface area contributed by atoms with Crippen molar-refractivity contribution in [1.29, 1.82) is 0 Å². The maximum absolute atomic E-state index is 13.3. The van der Waals surface area contributed by atoms with Crippen molar-refractivity contribution in [2.45, 2.75) is 64.3 Å². The topological polar surface area (TPSA) is 94.5 Å². The molecule has 3 rings (SSSR count). The van der Waals surface area contributed by atoms with Gasteiger partial charge in [0.25, 0.3) is 0 Å². The van der Waals surface area contributed by atoms with E-state index in [2.05, 4.69) is 33.9 Å². The maximum atomic E-state index is 13.3. The number of hydrogen-bond donors (Lipinski definition) is 1. The van der Waals surface area contributed by atoms with Gasteiger partial charge in [-0.15, -0.1) is 0 Å². The predicted molar refractivity (Wildman–Crippen MR) is 160 cm³/mol. The summed E-state index contributed by atoms with van der Waals surface area (Å²) in [6.45, 7) is 10.7. The Morgan fingerprint density at radius 3 is 1.98 bits per heavy atom. The van der Waals surface area contributed by atoms with Crippen molar-refractivity contribution in [1.82, 2.24) is 4.90 Å². The summed E-state index contributed by atoms with van der Waals surface area (Å²) < 4.78 is 23.3. The number of phenols is 1. The molecule has 8 nitrogen and oxygen atoms in total. The number of likely N-dealkylation sites (N-methyl/N-ethyl adjacent to an activating group) is 1. The number of benzene rings is 3. The van der Waals surface area contributed by atoms with E-state index in [1.54, 1.807) is 12.1 Å². The van der Waals surface area contributed by atoms with Crippen LogP contribution in [0.25, 0.3) is 0 Å². The zero-order valence-corrected chi connectivity index (χ0v) is 25.9. The highest BCUT2D eigenvalue weighted by molar-refractivity contribution is 6.74. The Morgan fingerprint density at radius 2 is 1.46 bits per heavy atom. The van der Waals surface area contributed by atoms with Crippen LogP contribution < -0.4 is 4.74 Å². The second-order valence-electron chi connectivity index (χ2n) is 11.4. The van der Waals surface area contributed by atoms with E-state index >= 15 is 0 Å². The number of ether oxygens (including phenoxy) is 3. The molecule has 41 heavy (non-hydrogen) atoms. The average molecular weight is 580 g/mol. The molecular weight excluding hydrogens is 538 g/mol. The summed E-state index contributed by atoms with van der Waals surface area (Å²) in [6, 6.07) is 22.6. The average Bonchev–Trinajstić information content (AvgIpc) is 2.95. The Hall–Kier alpha value is -3.82. The molecule has 0 aliphatic rings. The fourth-order valence-electron chi connectivity index (χ4n) is 3.92. The van der Waals surface area contributed by atoms with Crippen LogP contribution in [0.4, 0.5) is 4.79 Å². The molecule has 0 bridgehead atoms. The zero-order valence-electron chi connectivity index (χ0n) is 24.9. The summed E-state index contributed by atoms with van der Waals surface area (Å²) in [5.74, 6) is -0.495. The molecule has 2 atom stereocenters. The first-order valence-corrected chi connectivity index (χ1v) is 16.4. The number of methoxy groups -OCH3 is 1. The molecule has 1 amide bonds. The third-order valence-electron chi connectivity index (χ3n) is 7.42. The van der Waals surface area contributed by atoms with E-state index in [1.165, 1.54) is 25.1 Å². The molecule has 0 spiro atoms. The fraction of sp³-hybridized carbons (Fsp3) is 0.375. The lowest BCUT2D eigenvalue weighted by Gasteiger charge is -2.42. The van der Waals surface area contributed by atoms with Gasteiger partial charge in [-0.2, -0.15) is 0 Å². The third kappa shape index (κ3) is 8.34. The molecule has 0 radical (unpaired) electrons. The standard InChI is InChI=1S/C32H41NO7Si/c1-32(2,3)41(6,7)40-29(25-18-19-27(26(34)20-25)38-21-23-14-10-8-11-15-23)28(30(35)37-5)33(4)31(36)39-22-24-16-12-9-13-17-24/h8-20,28-29,34H,21-22H2,1-7H3/t28-,29+/m0/s1. The molecule has 0 fully saturated rings. The second kappa shape index (κ2) is 13.7. The molecular formula is C32H41NO7Si. The van der Waals surface area contributed by atoms with Gasteiger partial charge in [0, 0.05) is 7.05 Å². The number of hydrogen-bond acceptors (Lipinski definition) is 7. The largest absolute Gasteiger partial charge is 0.504 e. The van der Waals surface area contributed by atoms with Crippen LogP contribution in [0.2, 0.25) is 18.1 Å². The Morgan fingerprint density at radius 1 is 0.902 bits per heavy atom. The number of phenolic OH excluding ortho intramolecular Hbond substituents is 1. The minimum atomic E-state index is -2.51. The molecule has 0 aromatic heterocycles. The summed E-state index contributed by atoms with van der Waals surface area (Å²) in [5.41, 5.74) is 2.27. The monoisotopic (exact) mass is 579 g/mol. The van der Waals surface area contributed by atoms with Crippen LogP contribution in [0.3, 0.4) is 0 Å². The first kappa shape index (κ1) is 31.7. The van der Waals surface area contributed by atoms with E-state index in [9.17, 15) is 14.7 Å². The van der Waals surface area contributed by atoms with E-state index < -0.39 is 32.5 Å². The Bertz CT molecular complexity index is 1290. The van der Waals surface area contributed by atoms with Crippen LogP contribution in [0.5, 0.6) is 11.5 Å². The van der Waals surface area contributed by atoms with Crippen molar-refractivity contribution < 1.29 is 33.3 Å². The Balaban J connectivity index is 1.95. The lowest BCUT2D eigenvalue weighted by atomic mass is 10.0. The van der Waals surface area contributed by atoms with E-state index in [0.29, 0.717) is 5.56 Å². The normalized spacial score (nSPS) is 13.1. The fourth-order valence-corrected chi connectivity index (χ4v) is 5.17. The van der Waals surface area contributed by atoms with E-state index in [0.717, 1.165) is 11.1 Å². The highest BCUT2D eigenvalue weighted by Crippen LogP contribution is 2.42. The van der Waals surface area contributed by atoms with E-state index in [1.807, 2.05) is 60.7 Å². The van der Waals surface area contributed by atoms with Crippen molar-refractivity contribution in [2.75, 3.05) is 14.2 Å². The molecule has 3 aromatic rings. The minimum Gasteiger partial charge on any atom is -0.504 e. The SMILES string of the molecule is COC(=O)[C@H]([C@H](O[Si](C)(C)C(C)(C)C)c1ccc(OCc2ccccc2)c(O)c1)N(C)C(=O)OCc1ccccc1. The molecule has 1 N–H and O–H groups in total. The molecule has 9 heteroatoms. The minimum absolute atomic E-state index is 0.0416. The van der Waals surface area contributed by atoms with Crippen LogP contribution in [0.15, 0.2) is 78.9 Å². The van der Waals surface area contributed by atoms with Gasteiger partial charge in [-0.3, -0.25) is 4.90 Å². The molecule has 0 unspecified atom stereocenters. The summed E-state index contributed by atoms with van der Waals surface area (Å²) in [7, 11) is 0.230. The van der Waals surface area contributed by atoms with Crippen LogP contribution >= 0.6 is 0 Å². The van der Waals surface area contributed by atoms with Crippen LogP contribution in [-0.2, 0) is 31.9 Å². The van der Waals surface area contributed by atoms with Gasteiger partial charge in [-0.25, -0.2) is 9.59 Å². The van der Waals surface area contributed by atoms with Crippen LogP contribution in [0, 0.1) is 0 Å². The molecule has 3 aromatic carbocycles. The van der Waals surface area contributed by atoms with Crippen molar-refractivity contribution in [3.8, 4) is 11.5 Å². The lowest BCUT2D eigenvalue weighted by molar-refractivity contribution is -0.150. The van der Waals surface area contributed by atoms with Gasteiger partial charge in [0.05, 0.1) is 7.11 Å². The molecule has 0 aliphatic heterocycles. The Labute approximate surface area is 243 Å². The predicted octanol–water partition coefficient (Wildman–Crippen LogP) is 6.84. The van der Waals surface area contributed by atoms with Gasteiger partial charge in [0.1, 0.15) is 19.3 Å². The number of esters is 1. The molecule has 0 saturated heterocycles. The number of carbonyl (C=O) groups excluding carboxylic acids is 2. The van der Waals surface area contributed by atoms with Gasteiger partial charge in [0.2, 0.25) is 0 Å². The molecule has 0 saturated carbocycles. The van der Waals surface area contributed by atoms with Crippen molar-refractivity contribution >= 4 is 20.4 Å². The summed E-state index contributed by atoms with van der Waals surface area (Å²) in [6.07, 6.45) is -1.66. The first-order chi connectivity index (χ1) is 19.3. The molecule has 0 heterocycles. The van der Waals surface area contributed by atoms with Gasteiger partial charge >= 0.3 is 12.1 Å². The highest BCUT2D eigenvalue weighted by atomic mass is 28.4. The van der Waals surface area contributed by atoms with Gasteiger partial charge in [0.15, 0.2) is 25.9 Å². The van der Waals surface area contributed by atoms with Gasteiger partial charge in [-0.1, -0.05) is 87.5 Å². The van der Waals surface area contributed by atoms with E-state index in [-0.39, 0.29) is 29.8 Å². The molecule has 0 aliphatic carbocycles. The second-order valence-corrected chi connectivity index (χ2v) is 16.2. The van der Waals surface area contributed by atoms with Crippen molar-refractivity contribution in [3.05, 3.63) is 95.6 Å². The molecule has 220 valence electrons. The van der Waals surface area contributed by atoms with Crippen LogP contribution in [0.1, 0.15) is 43.6 Å². The smallest absolute Gasteiger partial charge is 0.410 e. The number of nitrogens with zero attached hydrogens (tertiary/aromatic N) is 1. The van der Waals surface area contributed by atoms with E-state index in [4.69, 9.17) is 18.6 Å².